The number of pyridine rings is 1. The van der Waals surface area contributed by atoms with Gasteiger partial charge in [0, 0.05) is 11.1 Å². The number of anilines is 2. The molecule has 0 fully saturated rings. The molecule has 1 aromatic carbocycles. The van der Waals surface area contributed by atoms with Crippen LogP contribution in [-0.2, 0) is 0 Å². The number of rotatable bonds is 3. The fourth-order valence-electron chi connectivity index (χ4n) is 2.77. The van der Waals surface area contributed by atoms with Crippen molar-refractivity contribution in [3.8, 4) is 0 Å². The number of benzene rings is 1. The van der Waals surface area contributed by atoms with E-state index >= 15 is 0 Å². The zero-order chi connectivity index (χ0) is 14.2. The topological polar surface area (TPSA) is 16.1 Å². The van der Waals surface area contributed by atoms with Crippen molar-refractivity contribution in [3.63, 3.8) is 0 Å². The SMILES string of the molecule is CCC[N+](C)(C)N1c2ccccc2Sc2cccnc21. The van der Waals surface area contributed by atoms with Crippen LogP contribution in [0.2, 0.25) is 0 Å². The minimum absolute atomic E-state index is 0.790. The summed E-state index contributed by atoms with van der Waals surface area (Å²) in [5.74, 6) is 1.06. The van der Waals surface area contributed by atoms with Gasteiger partial charge in [0.05, 0.1) is 19.0 Å². The third-order valence-corrected chi connectivity index (χ3v) is 4.68. The van der Waals surface area contributed by atoms with Gasteiger partial charge in [-0.05, 0) is 30.7 Å². The van der Waals surface area contributed by atoms with Gasteiger partial charge in [-0.25, -0.2) is 9.58 Å². The van der Waals surface area contributed by atoms with Crippen LogP contribution in [0.1, 0.15) is 13.3 Å². The number of nitrogens with zero attached hydrogens (tertiary/aromatic N) is 3. The number of hydrogen-bond acceptors (Lipinski definition) is 3. The first-order valence-corrected chi connectivity index (χ1v) is 7.80. The van der Waals surface area contributed by atoms with E-state index in [4.69, 9.17) is 0 Å². The van der Waals surface area contributed by atoms with Crippen molar-refractivity contribution in [2.24, 2.45) is 0 Å². The van der Waals surface area contributed by atoms with Crippen LogP contribution >= 0.6 is 11.8 Å². The predicted octanol–water partition coefficient (Wildman–Crippen LogP) is 4.09. The van der Waals surface area contributed by atoms with Gasteiger partial charge in [0.15, 0.2) is 5.82 Å². The van der Waals surface area contributed by atoms with E-state index in [1.807, 2.05) is 12.3 Å². The summed E-state index contributed by atoms with van der Waals surface area (Å²) in [6.07, 6.45) is 3.02. The maximum absolute atomic E-state index is 4.64. The van der Waals surface area contributed by atoms with Crippen LogP contribution in [0.5, 0.6) is 0 Å². The fourth-order valence-corrected chi connectivity index (χ4v) is 3.79. The standard InChI is InChI=1S/C16H20N3S/c1-4-12-19(2,3)18-13-8-5-6-9-14(13)20-15-10-7-11-17-16(15)18/h5-11H,4,12H2,1-3H3/q+1. The normalized spacial score (nSPS) is 13.8. The van der Waals surface area contributed by atoms with Gasteiger partial charge in [-0.15, -0.1) is 0 Å². The summed E-state index contributed by atoms with van der Waals surface area (Å²) in [6.45, 7) is 3.30. The van der Waals surface area contributed by atoms with Crippen molar-refractivity contribution < 1.29 is 4.59 Å². The molecule has 2 aromatic rings. The Kier molecular flexibility index (Phi) is 3.44. The van der Waals surface area contributed by atoms with Crippen molar-refractivity contribution in [2.75, 3.05) is 25.6 Å². The smallest absolute Gasteiger partial charge is 0.197 e. The number of quaternary nitrogens is 1. The van der Waals surface area contributed by atoms with Gasteiger partial charge in [0.1, 0.15) is 12.2 Å². The zero-order valence-electron chi connectivity index (χ0n) is 12.2. The first kappa shape index (κ1) is 13.5. The molecule has 0 amide bonds. The second-order valence-corrected chi connectivity index (χ2v) is 6.64. The molecule has 0 saturated heterocycles. The highest BCUT2D eigenvalue weighted by molar-refractivity contribution is 7.99. The van der Waals surface area contributed by atoms with Crippen LogP contribution in [0.15, 0.2) is 52.4 Å². The third-order valence-electron chi connectivity index (χ3n) is 3.58. The Morgan fingerprint density at radius 2 is 1.85 bits per heavy atom. The highest BCUT2D eigenvalue weighted by Gasteiger charge is 2.35. The Labute approximate surface area is 124 Å². The minimum atomic E-state index is 0.790. The third kappa shape index (κ3) is 2.19. The van der Waals surface area contributed by atoms with Crippen LogP contribution in [0, 0.1) is 0 Å². The maximum Gasteiger partial charge on any atom is 0.197 e. The van der Waals surface area contributed by atoms with E-state index < -0.39 is 0 Å². The number of hydrogen-bond donors (Lipinski definition) is 0. The minimum Gasteiger partial charge on any atom is -0.233 e. The Hall–Kier alpha value is -1.52. The summed E-state index contributed by atoms with van der Waals surface area (Å²) in [5.41, 5.74) is 1.25. The largest absolute Gasteiger partial charge is 0.233 e. The number of fused-ring (bicyclic) bond motifs is 2. The summed E-state index contributed by atoms with van der Waals surface area (Å²) < 4.78 is 0.790. The molecule has 3 nitrogen and oxygen atoms in total. The zero-order valence-corrected chi connectivity index (χ0v) is 13.0. The molecule has 1 aliphatic rings. The molecule has 1 aromatic heterocycles. The lowest BCUT2D eigenvalue weighted by Crippen LogP contribution is -2.54. The molecule has 0 unspecified atom stereocenters. The van der Waals surface area contributed by atoms with Crippen molar-refractivity contribution in [2.45, 2.75) is 23.1 Å². The quantitative estimate of drug-likeness (QED) is 0.791. The highest BCUT2D eigenvalue weighted by Crippen LogP contribution is 2.48. The highest BCUT2D eigenvalue weighted by atomic mass is 32.2. The molecule has 0 bridgehead atoms. The van der Waals surface area contributed by atoms with Gasteiger partial charge in [-0.1, -0.05) is 30.8 Å². The van der Waals surface area contributed by atoms with E-state index in [2.05, 4.69) is 61.3 Å². The van der Waals surface area contributed by atoms with Gasteiger partial charge in [0.2, 0.25) is 0 Å². The van der Waals surface area contributed by atoms with E-state index in [9.17, 15) is 0 Å². The summed E-state index contributed by atoms with van der Waals surface area (Å²) in [5, 5.41) is 2.35. The Morgan fingerprint density at radius 1 is 1.10 bits per heavy atom. The van der Waals surface area contributed by atoms with Crippen LogP contribution in [0.4, 0.5) is 11.5 Å². The first-order valence-electron chi connectivity index (χ1n) is 6.99. The van der Waals surface area contributed by atoms with E-state index in [0.717, 1.165) is 23.4 Å². The molecule has 20 heavy (non-hydrogen) atoms. The lowest BCUT2D eigenvalue weighted by atomic mass is 10.3. The van der Waals surface area contributed by atoms with Gasteiger partial charge in [0.25, 0.3) is 0 Å². The van der Waals surface area contributed by atoms with Crippen molar-refractivity contribution in [3.05, 3.63) is 42.6 Å². The molecule has 4 heteroatoms. The van der Waals surface area contributed by atoms with Crippen molar-refractivity contribution in [1.82, 2.24) is 4.98 Å². The molecule has 0 atom stereocenters. The monoisotopic (exact) mass is 286 g/mol. The van der Waals surface area contributed by atoms with Gasteiger partial charge in [-0.2, -0.15) is 5.01 Å². The van der Waals surface area contributed by atoms with Crippen LogP contribution in [-0.4, -0.2) is 30.2 Å². The molecule has 0 aliphatic carbocycles. The summed E-state index contributed by atoms with van der Waals surface area (Å²) in [6, 6.07) is 12.8. The van der Waals surface area contributed by atoms with Crippen molar-refractivity contribution >= 4 is 23.3 Å². The number of para-hydroxylation sites is 1. The average molecular weight is 286 g/mol. The number of aromatic nitrogens is 1. The molecule has 0 N–H and O–H groups in total. The van der Waals surface area contributed by atoms with E-state index in [0.29, 0.717) is 0 Å². The van der Waals surface area contributed by atoms with Gasteiger partial charge in [-0.3, -0.25) is 0 Å². The molecule has 0 saturated carbocycles. The molecule has 3 rings (SSSR count). The summed E-state index contributed by atoms with van der Waals surface area (Å²) in [4.78, 5) is 7.17. The fraction of sp³-hybridized carbons (Fsp3) is 0.312. The molecule has 2 heterocycles. The first-order chi connectivity index (χ1) is 9.63. The molecule has 1 aliphatic heterocycles. The maximum atomic E-state index is 4.64. The van der Waals surface area contributed by atoms with Gasteiger partial charge >= 0.3 is 0 Å². The second kappa shape index (κ2) is 5.11. The lowest BCUT2D eigenvalue weighted by Gasteiger charge is -2.43. The molecular weight excluding hydrogens is 266 g/mol. The molecule has 0 spiro atoms. The van der Waals surface area contributed by atoms with Crippen molar-refractivity contribution in [1.29, 1.82) is 0 Å². The molecule has 104 valence electrons. The van der Waals surface area contributed by atoms with E-state index in [-0.39, 0.29) is 0 Å². The summed E-state index contributed by atoms with van der Waals surface area (Å²) in [7, 11) is 4.49. The average Bonchev–Trinajstić information content (AvgIpc) is 2.44. The molecule has 0 radical (unpaired) electrons. The van der Waals surface area contributed by atoms with E-state index in [1.54, 1.807) is 11.8 Å². The van der Waals surface area contributed by atoms with Crippen LogP contribution in [0.3, 0.4) is 0 Å². The Balaban J connectivity index is 2.17. The Morgan fingerprint density at radius 3 is 2.65 bits per heavy atom. The second-order valence-electron chi connectivity index (χ2n) is 5.55. The van der Waals surface area contributed by atoms with E-state index in [1.165, 1.54) is 15.5 Å². The molecular formula is C16H20N3S+. The van der Waals surface area contributed by atoms with Gasteiger partial charge < -0.3 is 0 Å². The summed E-state index contributed by atoms with van der Waals surface area (Å²) >= 11 is 1.81. The predicted molar refractivity (Wildman–Crippen MR) is 84.2 cm³/mol. The Bertz CT molecular complexity index is 579. The lowest BCUT2D eigenvalue weighted by molar-refractivity contribution is -0.893. The van der Waals surface area contributed by atoms with Crippen LogP contribution < -0.4 is 5.01 Å². The van der Waals surface area contributed by atoms with Crippen LogP contribution in [0.25, 0.3) is 0 Å².